The maximum Gasteiger partial charge on any atom is 0.255 e. The number of pyridine rings is 1. The van der Waals surface area contributed by atoms with Gasteiger partial charge in [-0.1, -0.05) is 32.0 Å². The Balaban J connectivity index is 2.34. The molecule has 0 spiro atoms. The number of nitrogens with zero attached hydrogens (tertiary/aromatic N) is 1. The molecule has 0 amide bonds. The van der Waals surface area contributed by atoms with Crippen LogP contribution in [0.4, 0.5) is 0 Å². The van der Waals surface area contributed by atoms with E-state index in [1.54, 1.807) is 17.7 Å². The Morgan fingerprint density at radius 1 is 1.19 bits per heavy atom. The molecule has 0 aliphatic rings. The average Bonchev–Trinajstić information content (AvgIpc) is 2.48. The number of methoxy groups -OCH3 is 1. The van der Waals surface area contributed by atoms with Crippen molar-refractivity contribution in [1.82, 2.24) is 4.57 Å². The Labute approximate surface area is 125 Å². The second-order valence-electron chi connectivity index (χ2n) is 5.57. The smallest absolute Gasteiger partial charge is 0.255 e. The molecule has 0 fully saturated rings. The molecule has 0 aliphatic carbocycles. The van der Waals surface area contributed by atoms with Crippen molar-refractivity contribution in [2.45, 2.75) is 26.4 Å². The zero-order valence-electron chi connectivity index (χ0n) is 12.7. The predicted octanol–water partition coefficient (Wildman–Crippen LogP) is 2.56. The van der Waals surface area contributed by atoms with Crippen molar-refractivity contribution in [2.75, 3.05) is 7.11 Å². The SMILES string of the molecule is COc1ccc(C(N)c2cccn(CC(C)C)c2=O)cc1. The van der Waals surface area contributed by atoms with E-state index in [0.29, 0.717) is 18.0 Å². The van der Waals surface area contributed by atoms with Crippen LogP contribution in [-0.2, 0) is 6.54 Å². The van der Waals surface area contributed by atoms with Gasteiger partial charge in [0.25, 0.3) is 5.56 Å². The first-order valence-corrected chi connectivity index (χ1v) is 7.11. The first-order chi connectivity index (χ1) is 10.0. The lowest BCUT2D eigenvalue weighted by molar-refractivity contribution is 0.414. The summed E-state index contributed by atoms with van der Waals surface area (Å²) < 4.78 is 6.86. The molecule has 4 nitrogen and oxygen atoms in total. The van der Waals surface area contributed by atoms with E-state index in [0.717, 1.165) is 11.3 Å². The summed E-state index contributed by atoms with van der Waals surface area (Å²) in [7, 11) is 1.62. The van der Waals surface area contributed by atoms with Gasteiger partial charge in [0.15, 0.2) is 0 Å². The van der Waals surface area contributed by atoms with Crippen molar-refractivity contribution in [2.24, 2.45) is 11.7 Å². The summed E-state index contributed by atoms with van der Waals surface area (Å²) in [6.45, 7) is 4.87. The highest BCUT2D eigenvalue weighted by Gasteiger charge is 2.14. The molecule has 1 atom stereocenters. The van der Waals surface area contributed by atoms with Crippen molar-refractivity contribution < 1.29 is 4.74 Å². The molecule has 0 radical (unpaired) electrons. The Hall–Kier alpha value is -2.07. The van der Waals surface area contributed by atoms with Crippen LogP contribution in [-0.4, -0.2) is 11.7 Å². The topological polar surface area (TPSA) is 57.2 Å². The van der Waals surface area contributed by atoms with Crippen LogP contribution < -0.4 is 16.0 Å². The van der Waals surface area contributed by atoms with E-state index >= 15 is 0 Å². The minimum Gasteiger partial charge on any atom is -0.497 e. The zero-order valence-corrected chi connectivity index (χ0v) is 12.7. The fourth-order valence-electron chi connectivity index (χ4n) is 2.32. The van der Waals surface area contributed by atoms with Gasteiger partial charge in [-0.3, -0.25) is 4.79 Å². The number of hydrogen-bond acceptors (Lipinski definition) is 3. The van der Waals surface area contributed by atoms with Gasteiger partial charge in [-0.05, 0) is 29.7 Å². The van der Waals surface area contributed by atoms with Crippen LogP contribution in [0.3, 0.4) is 0 Å². The molecule has 1 unspecified atom stereocenters. The third-order valence-corrected chi connectivity index (χ3v) is 3.42. The Kier molecular flexibility index (Phi) is 4.81. The number of ether oxygens (including phenoxy) is 1. The summed E-state index contributed by atoms with van der Waals surface area (Å²) >= 11 is 0. The van der Waals surface area contributed by atoms with Gasteiger partial charge in [-0.2, -0.15) is 0 Å². The monoisotopic (exact) mass is 286 g/mol. The van der Waals surface area contributed by atoms with E-state index in [2.05, 4.69) is 13.8 Å². The van der Waals surface area contributed by atoms with E-state index in [-0.39, 0.29) is 5.56 Å². The van der Waals surface area contributed by atoms with Gasteiger partial charge < -0.3 is 15.0 Å². The number of nitrogens with two attached hydrogens (primary N) is 1. The largest absolute Gasteiger partial charge is 0.497 e. The summed E-state index contributed by atoms with van der Waals surface area (Å²) in [5.41, 5.74) is 7.75. The van der Waals surface area contributed by atoms with E-state index < -0.39 is 6.04 Å². The summed E-state index contributed by atoms with van der Waals surface area (Å²) in [6, 6.07) is 10.7. The first-order valence-electron chi connectivity index (χ1n) is 7.11. The van der Waals surface area contributed by atoms with Gasteiger partial charge in [0.1, 0.15) is 5.75 Å². The van der Waals surface area contributed by atoms with E-state index in [4.69, 9.17) is 10.5 Å². The van der Waals surface area contributed by atoms with Gasteiger partial charge in [-0.25, -0.2) is 0 Å². The van der Waals surface area contributed by atoms with Crippen molar-refractivity contribution in [1.29, 1.82) is 0 Å². The average molecular weight is 286 g/mol. The highest BCUT2D eigenvalue weighted by Crippen LogP contribution is 2.20. The molecule has 0 saturated heterocycles. The van der Waals surface area contributed by atoms with Gasteiger partial charge in [0, 0.05) is 18.3 Å². The molecule has 1 heterocycles. The quantitative estimate of drug-likeness (QED) is 0.919. The van der Waals surface area contributed by atoms with Crippen LogP contribution in [0, 0.1) is 5.92 Å². The van der Waals surface area contributed by atoms with Crippen molar-refractivity contribution >= 4 is 0 Å². The van der Waals surface area contributed by atoms with Gasteiger partial charge in [0.2, 0.25) is 0 Å². The van der Waals surface area contributed by atoms with Crippen LogP contribution in [0.5, 0.6) is 5.75 Å². The van der Waals surface area contributed by atoms with Crippen LogP contribution in [0.25, 0.3) is 0 Å². The summed E-state index contributed by atoms with van der Waals surface area (Å²) in [6.07, 6.45) is 1.81. The molecular weight excluding hydrogens is 264 g/mol. The molecule has 2 N–H and O–H groups in total. The normalized spacial score (nSPS) is 12.4. The third kappa shape index (κ3) is 3.52. The molecule has 1 aromatic heterocycles. The molecule has 2 aromatic rings. The molecule has 0 bridgehead atoms. The van der Waals surface area contributed by atoms with Crippen LogP contribution in [0.1, 0.15) is 31.0 Å². The summed E-state index contributed by atoms with van der Waals surface area (Å²) in [5, 5.41) is 0. The Bertz CT molecular complexity index is 645. The van der Waals surface area contributed by atoms with Gasteiger partial charge in [-0.15, -0.1) is 0 Å². The molecule has 112 valence electrons. The maximum atomic E-state index is 12.5. The second kappa shape index (κ2) is 6.59. The Morgan fingerprint density at radius 3 is 2.43 bits per heavy atom. The third-order valence-electron chi connectivity index (χ3n) is 3.42. The van der Waals surface area contributed by atoms with E-state index in [9.17, 15) is 4.79 Å². The van der Waals surface area contributed by atoms with E-state index in [1.807, 2.05) is 36.5 Å². The van der Waals surface area contributed by atoms with Crippen LogP contribution in [0.2, 0.25) is 0 Å². The molecular formula is C17H22N2O2. The lowest BCUT2D eigenvalue weighted by Crippen LogP contribution is -2.29. The number of aromatic nitrogens is 1. The molecule has 4 heteroatoms. The standard InChI is InChI=1S/C17H22N2O2/c1-12(2)11-19-10-4-5-15(17(19)20)16(18)13-6-8-14(21-3)9-7-13/h4-10,12,16H,11,18H2,1-3H3. The molecule has 2 rings (SSSR count). The van der Waals surface area contributed by atoms with Gasteiger partial charge in [0.05, 0.1) is 13.2 Å². The first kappa shape index (κ1) is 15.3. The summed E-state index contributed by atoms with van der Waals surface area (Å²) in [4.78, 5) is 12.5. The van der Waals surface area contributed by atoms with Gasteiger partial charge >= 0.3 is 0 Å². The number of hydrogen-bond donors (Lipinski definition) is 1. The van der Waals surface area contributed by atoms with Crippen molar-refractivity contribution in [3.8, 4) is 5.75 Å². The second-order valence-corrected chi connectivity index (χ2v) is 5.57. The molecule has 0 aliphatic heterocycles. The number of rotatable bonds is 5. The minimum absolute atomic E-state index is 0.0190. The van der Waals surface area contributed by atoms with Crippen LogP contribution >= 0.6 is 0 Å². The van der Waals surface area contributed by atoms with Crippen molar-refractivity contribution in [3.63, 3.8) is 0 Å². The zero-order chi connectivity index (χ0) is 15.4. The van der Waals surface area contributed by atoms with Crippen LogP contribution in [0.15, 0.2) is 47.4 Å². The Morgan fingerprint density at radius 2 is 1.86 bits per heavy atom. The highest BCUT2D eigenvalue weighted by molar-refractivity contribution is 5.34. The maximum absolute atomic E-state index is 12.5. The molecule has 0 saturated carbocycles. The fraction of sp³-hybridized carbons (Fsp3) is 0.353. The number of benzene rings is 1. The van der Waals surface area contributed by atoms with E-state index in [1.165, 1.54) is 0 Å². The highest BCUT2D eigenvalue weighted by atomic mass is 16.5. The lowest BCUT2D eigenvalue weighted by Gasteiger charge is -2.15. The minimum atomic E-state index is -0.428. The van der Waals surface area contributed by atoms with Crippen molar-refractivity contribution in [3.05, 3.63) is 64.1 Å². The fourth-order valence-corrected chi connectivity index (χ4v) is 2.32. The molecule has 1 aromatic carbocycles. The summed E-state index contributed by atoms with van der Waals surface area (Å²) in [5.74, 6) is 1.19. The predicted molar refractivity (Wildman–Crippen MR) is 84.6 cm³/mol. The lowest BCUT2D eigenvalue weighted by atomic mass is 10.0. The molecule has 21 heavy (non-hydrogen) atoms.